The minimum absolute atomic E-state index is 0.0118. The zero-order valence-corrected chi connectivity index (χ0v) is 24.0. The van der Waals surface area contributed by atoms with E-state index in [4.69, 9.17) is 0 Å². The molecular weight excluding hydrogens is 585 g/mol. The lowest BCUT2D eigenvalue weighted by Gasteiger charge is -2.32. The fourth-order valence-corrected chi connectivity index (χ4v) is 6.32. The Balaban J connectivity index is 1.66. The van der Waals surface area contributed by atoms with Crippen molar-refractivity contribution in [3.8, 4) is 0 Å². The van der Waals surface area contributed by atoms with Gasteiger partial charge in [0.2, 0.25) is 11.8 Å². The maximum absolute atomic E-state index is 13.9. The van der Waals surface area contributed by atoms with Gasteiger partial charge in [0.05, 0.1) is 10.6 Å². The molecule has 1 aliphatic rings. The smallest absolute Gasteiger partial charge is 0.264 e. The molecule has 3 aromatic carbocycles. The van der Waals surface area contributed by atoms with Gasteiger partial charge in [0.15, 0.2) is 0 Å². The molecule has 7 nitrogen and oxygen atoms in total. The molecule has 2 amide bonds. The molecular formula is C29H31BrFN3O4S. The molecule has 206 valence electrons. The van der Waals surface area contributed by atoms with Crippen molar-refractivity contribution in [2.75, 3.05) is 10.8 Å². The fraction of sp³-hybridized carbons (Fsp3) is 0.310. The number of nitrogens with zero attached hydrogens (tertiary/aromatic N) is 2. The van der Waals surface area contributed by atoms with Crippen molar-refractivity contribution in [3.63, 3.8) is 0 Å². The molecule has 39 heavy (non-hydrogen) atoms. The van der Waals surface area contributed by atoms with Crippen molar-refractivity contribution in [2.45, 2.75) is 56.1 Å². The number of benzene rings is 3. The van der Waals surface area contributed by atoms with Crippen LogP contribution in [0.3, 0.4) is 0 Å². The molecule has 1 saturated carbocycles. The van der Waals surface area contributed by atoms with Gasteiger partial charge in [-0.3, -0.25) is 13.9 Å². The lowest BCUT2D eigenvalue weighted by Crippen LogP contribution is -2.52. The molecule has 4 rings (SSSR count). The molecule has 1 aliphatic carbocycles. The van der Waals surface area contributed by atoms with E-state index < -0.39 is 34.3 Å². The number of anilines is 1. The number of carbonyl (C=O) groups is 2. The van der Waals surface area contributed by atoms with Gasteiger partial charge < -0.3 is 10.2 Å². The zero-order valence-electron chi connectivity index (χ0n) is 21.6. The SMILES string of the molecule is C[C@@H](C(=O)NC1CCCC1)N(Cc1ccc(F)cc1)C(=O)CN(c1ccc(Br)cc1)S(=O)(=O)c1ccccc1. The molecule has 0 aliphatic heterocycles. The summed E-state index contributed by atoms with van der Waals surface area (Å²) >= 11 is 3.36. The van der Waals surface area contributed by atoms with E-state index in [1.807, 2.05) is 0 Å². The molecule has 0 heterocycles. The Bertz CT molecular complexity index is 1380. The van der Waals surface area contributed by atoms with E-state index in [2.05, 4.69) is 21.2 Å². The van der Waals surface area contributed by atoms with E-state index in [9.17, 15) is 22.4 Å². The summed E-state index contributed by atoms with van der Waals surface area (Å²) < 4.78 is 42.8. The Morgan fingerprint density at radius 1 is 0.974 bits per heavy atom. The Morgan fingerprint density at radius 2 is 1.59 bits per heavy atom. The molecule has 1 fully saturated rings. The molecule has 10 heteroatoms. The number of hydrogen-bond donors (Lipinski definition) is 1. The second kappa shape index (κ2) is 12.7. The molecule has 1 N–H and O–H groups in total. The summed E-state index contributed by atoms with van der Waals surface area (Å²) in [6.07, 6.45) is 3.85. The molecule has 0 spiro atoms. The van der Waals surface area contributed by atoms with Gasteiger partial charge in [-0.05, 0) is 73.9 Å². The van der Waals surface area contributed by atoms with E-state index in [1.54, 1.807) is 61.5 Å². The van der Waals surface area contributed by atoms with Crippen LogP contribution in [-0.4, -0.2) is 43.8 Å². The molecule has 0 unspecified atom stereocenters. The van der Waals surface area contributed by atoms with Gasteiger partial charge in [0.1, 0.15) is 18.4 Å². The van der Waals surface area contributed by atoms with Gasteiger partial charge >= 0.3 is 0 Å². The number of rotatable bonds is 10. The van der Waals surface area contributed by atoms with Gasteiger partial charge in [-0.15, -0.1) is 0 Å². The van der Waals surface area contributed by atoms with Crippen LogP contribution in [0.1, 0.15) is 38.2 Å². The molecule has 0 bridgehead atoms. The van der Waals surface area contributed by atoms with Crippen molar-refractivity contribution < 1.29 is 22.4 Å². The average molecular weight is 617 g/mol. The lowest BCUT2D eigenvalue weighted by molar-refractivity contribution is -0.139. The maximum atomic E-state index is 13.9. The van der Waals surface area contributed by atoms with E-state index >= 15 is 0 Å². The van der Waals surface area contributed by atoms with Crippen LogP contribution in [0.15, 0.2) is 88.2 Å². The van der Waals surface area contributed by atoms with Crippen molar-refractivity contribution in [3.05, 3.63) is 94.7 Å². The third kappa shape index (κ3) is 7.24. The summed E-state index contributed by atoms with van der Waals surface area (Å²) in [5, 5.41) is 3.03. The summed E-state index contributed by atoms with van der Waals surface area (Å²) in [6.45, 7) is 1.11. The first-order valence-electron chi connectivity index (χ1n) is 12.8. The highest BCUT2D eigenvalue weighted by Gasteiger charge is 2.33. The fourth-order valence-electron chi connectivity index (χ4n) is 4.62. The van der Waals surface area contributed by atoms with E-state index in [1.165, 1.54) is 29.2 Å². The van der Waals surface area contributed by atoms with Gasteiger partial charge in [0.25, 0.3) is 10.0 Å². The zero-order chi connectivity index (χ0) is 28.0. The van der Waals surface area contributed by atoms with E-state index in [0.29, 0.717) is 11.3 Å². The predicted molar refractivity (Wildman–Crippen MR) is 152 cm³/mol. The third-order valence-electron chi connectivity index (χ3n) is 6.86. The lowest BCUT2D eigenvalue weighted by atomic mass is 10.1. The minimum Gasteiger partial charge on any atom is -0.352 e. The van der Waals surface area contributed by atoms with Crippen molar-refractivity contribution >= 4 is 43.5 Å². The summed E-state index contributed by atoms with van der Waals surface area (Å²) in [6, 6.07) is 19.3. The highest BCUT2D eigenvalue weighted by atomic mass is 79.9. The number of sulfonamides is 1. The monoisotopic (exact) mass is 615 g/mol. The topological polar surface area (TPSA) is 86.8 Å². The predicted octanol–water partition coefficient (Wildman–Crippen LogP) is 5.26. The van der Waals surface area contributed by atoms with Gasteiger partial charge in [-0.2, -0.15) is 0 Å². The van der Waals surface area contributed by atoms with Crippen molar-refractivity contribution in [1.29, 1.82) is 0 Å². The van der Waals surface area contributed by atoms with Crippen LogP contribution in [-0.2, 0) is 26.2 Å². The van der Waals surface area contributed by atoms with Crippen LogP contribution in [0.25, 0.3) is 0 Å². The Kier molecular flexibility index (Phi) is 9.40. The summed E-state index contributed by atoms with van der Waals surface area (Å²) in [5.74, 6) is -1.28. The highest BCUT2D eigenvalue weighted by Crippen LogP contribution is 2.26. The van der Waals surface area contributed by atoms with Crippen molar-refractivity contribution in [1.82, 2.24) is 10.2 Å². The molecule has 0 saturated heterocycles. The molecule has 0 aromatic heterocycles. The first-order valence-corrected chi connectivity index (χ1v) is 15.1. The second-order valence-electron chi connectivity index (χ2n) is 9.62. The largest absolute Gasteiger partial charge is 0.352 e. The normalized spacial score (nSPS) is 14.5. The van der Waals surface area contributed by atoms with Gasteiger partial charge in [-0.1, -0.05) is 59.1 Å². The van der Waals surface area contributed by atoms with Gasteiger partial charge in [-0.25, -0.2) is 12.8 Å². The molecule has 0 radical (unpaired) electrons. The van der Waals surface area contributed by atoms with Crippen LogP contribution < -0.4 is 9.62 Å². The number of hydrogen-bond acceptors (Lipinski definition) is 4. The van der Waals surface area contributed by atoms with Gasteiger partial charge in [0, 0.05) is 17.1 Å². The van der Waals surface area contributed by atoms with E-state index in [-0.39, 0.29) is 23.4 Å². The quantitative estimate of drug-likeness (QED) is 0.337. The number of amides is 2. The number of nitrogens with one attached hydrogen (secondary N) is 1. The first-order chi connectivity index (χ1) is 18.6. The Labute approximate surface area is 237 Å². The Hall–Kier alpha value is -3.24. The van der Waals surface area contributed by atoms with Crippen LogP contribution in [0.4, 0.5) is 10.1 Å². The number of carbonyl (C=O) groups excluding carboxylic acids is 2. The molecule has 1 atom stereocenters. The number of halogens is 2. The van der Waals surface area contributed by atoms with Crippen LogP contribution in [0.5, 0.6) is 0 Å². The van der Waals surface area contributed by atoms with Crippen LogP contribution in [0, 0.1) is 5.82 Å². The summed E-state index contributed by atoms with van der Waals surface area (Å²) in [7, 11) is -4.12. The van der Waals surface area contributed by atoms with E-state index in [0.717, 1.165) is 34.5 Å². The summed E-state index contributed by atoms with van der Waals surface area (Å²) in [4.78, 5) is 28.5. The van der Waals surface area contributed by atoms with Crippen LogP contribution >= 0.6 is 15.9 Å². The van der Waals surface area contributed by atoms with Crippen LogP contribution in [0.2, 0.25) is 0 Å². The second-order valence-corrected chi connectivity index (χ2v) is 12.4. The highest BCUT2D eigenvalue weighted by molar-refractivity contribution is 9.10. The average Bonchev–Trinajstić information content (AvgIpc) is 3.45. The third-order valence-corrected chi connectivity index (χ3v) is 9.18. The molecule has 3 aromatic rings. The summed E-state index contributed by atoms with van der Waals surface area (Å²) in [5.41, 5.74) is 0.923. The maximum Gasteiger partial charge on any atom is 0.264 e. The minimum atomic E-state index is -4.12. The Morgan fingerprint density at radius 3 is 2.21 bits per heavy atom. The first kappa shape index (κ1) is 28.8. The standard InChI is InChI=1S/C29H31BrFN3O4S/c1-21(29(36)32-25-7-5-6-8-25)33(19-22-11-15-24(31)16-12-22)28(35)20-34(26-17-13-23(30)14-18-26)39(37,38)27-9-3-2-4-10-27/h2-4,9-18,21,25H,5-8,19-20H2,1H3,(H,32,36)/t21-/m0/s1. The van der Waals surface area contributed by atoms with Crippen molar-refractivity contribution in [2.24, 2.45) is 0 Å².